The Morgan fingerprint density at radius 2 is 1.70 bits per heavy atom. The topological polar surface area (TPSA) is 104 Å². The van der Waals surface area contributed by atoms with Crippen LogP contribution in [0, 0.1) is 39.9 Å². The van der Waals surface area contributed by atoms with Crippen molar-refractivity contribution in [1.82, 2.24) is 0 Å². The molecule has 4 aliphatic carbocycles. The van der Waals surface area contributed by atoms with Crippen LogP contribution in [0.3, 0.4) is 0 Å². The summed E-state index contributed by atoms with van der Waals surface area (Å²) in [7, 11) is 0. The average Bonchev–Trinajstić information content (AvgIpc) is 3.05. The van der Waals surface area contributed by atoms with Gasteiger partial charge in [0.2, 0.25) is 0 Å². The number of carbonyl (C=O) groups excluding carboxylic acids is 1. The first-order valence-corrected chi connectivity index (χ1v) is 14.3. The van der Waals surface area contributed by atoms with Gasteiger partial charge in [0.1, 0.15) is 6.10 Å². The van der Waals surface area contributed by atoms with E-state index < -0.39 is 24.1 Å². The minimum atomic E-state index is -0.953. The van der Waals surface area contributed by atoms with E-state index in [2.05, 4.69) is 27.7 Å². The van der Waals surface area contributed by atoms with Crippen molar-refractivity contribution >= 4 is 11.9 Å². The molecule has 0 aromatic heterocycles. The number of hydrogen-bond acceptors (Lipinski definition) is 5. The number of carboxylic acid groups (broad SMARTS) is 1. The lowest BCUT2D eigenvalue weighted by molar-refractivity contribution is -0.234. The van der Waals surface area contributed by atoms with E-state index in [9.17, 15) is 24.9 Å². The first-order valence-electron chi connectivity index (χ1n) is 14.3. The summed E-state index contributed by atoms with van der Waals surface area (Å²) < 4.78 is 5.87. The molecular formula is C31H48O6. The number of carbonyl (C=O) groups is 2. The monoisotopic (exact) mass is 516 g/mol. The molecule has 10 atom stereocenters. The van der Waals surface area contributed by atoms with Gasteiger partial charge in [-0.3, -0.25) is 4.79 Å². The number of ether oxygens (including phenoxy) is 1. The Kier molecular flexibility index (Phi) is 7.53. The normalized spacial score (nSPS) is 46.2. The van der Waals surface area contributed by atoms with Crippen molar-refractivity contribution < 1.29 is 29.6 Å². The number of fused-ring (bicyclic) bond motifs is 5. The van der Waals surface area contributed by atoms with Crippen molar-refractivity contribution in [2.24, 2.45) is 39.9 Å². The smallest absolute Gasteiger partial charge is 0.331 e. The number of aliphatic hydroxyl groups excluding tert-OH is 2. The van der Waals surface area contributed by atoms with E-state index in [1.807, 2.05) is 19.9 Å². The SMILES string of the molecule is CC(=O)O[C@H]1C[C@@]2(C)[C@H](C[C@@H](O)C3[C@@]4(C)CC[C@@H](O)[C@@H](C)C4CC[C@@]32C)C1=C(CCC=C(C)C)C(=O)O. The van der Waals surface area contributed by atoms with Crippen molar-refractivity contribution in [2.45, 2.75) is 118 Å². The Morgan fingerprint density at radius 3 is 2.30 bits per heavy atom. The fourth-order valence-electron chi connectivity index (χ4n) is 9.79. The number of esters is 1. The van der Waals surface area contributed by atoms with Crippen LogP contribution in [0.1, 0.15) is 99.8 Å². The van der Waals surface area contributed by atoms with Crippen LogP contribution < -0.4 is 0 Å². The van der Waals surface area contributed by atoms with Crippen LogP contribution in [0.5, 0.6) is 0 Å². The van der Waals surface area contributed by atoms with Gasteiger partial charge >= 0.3 is 11.9 Å². The van der Waals surface area contributed by atoms with Crippen molar-refractivity contribution in [3.05, 3.63) is 22.8 Å². The van der Waals surface area contributed by atoms with Gasteiger partial charge in [-0.05, 0) is 111 Å². The Morgan fingerprint density at radius 1 is 1.03 bits per heavy atom. The number of carboxylic acids is 1. The highest BCUT2D eigenvalue weighted by Gasteiger charge is 2.70. The maximum absolute atomic E-state index is 12.6. The summed E-state index contributed by atoms with van der Waals surface area (Å²) in [6.45, 7) is 14.5. The van der Waals surface area contributed by atoms with Gasteiger partial charge in [-0.15, -0.1) is 0 Å². The Bertz CT molecular complexity index is 994. The predicted molar refractivity (Wildman–Crippen MR) is 143 cm³/mol. The van der Waals surface area contributed by atoms with Crippen molar-refractivity contribution in [3.63, 3.8) is 0 Å². The third-order valence-corrected chi connectivity index (χ3v) is 11.6. The lowest BCUT2D eigenvalue weighted by Gasteiger charge is -2.69. The molecule has 4 fully saturated rings. The van der Waals surface area contributed by atoms with E-state index >= 15 is 0 Å². The highest BCUT2D eigenvalue weighted by Crippen LogP contribution is 2.74. The molecule has 0 aromatic rings. The van der Waals surface area contributed by atoms with Crippen LogP contribution in [0.2, 0.25) is 0 Å². The molecule has 0 amide bonds. The predicted octanol–water partition coefficient (Wildman–Crippen LogP) is 5.67. The van der Waals surface area contributed by atoms with Crippen LogP contribution in [0.25, 0.3) is 0 Å². The minimum Gasteiger partial charge on any atom is -0.478 e. The van der Waals surface area contributed by atoms with E-state index in [0.29, 0.717) is 37.2 Å². The largest absolute Gasteiger partial charge is 0.478 e. The van der Waals surface area contributed by atoms with Crippen LogP contribution >= 0.6 is 0 Å². The van der Waals surface area contributed by atoms with Crippen LogP contribution in [0.4, 0.5) is 0 Å². The van der Waals surface area contributed by atoms with Gasteiger partial charge in [0.15, 0.2) is 0 Å². The van der Waals surface area contributed by atoms with Crippen LogP contribution in [-0.2, 0) is 14.3 Å². The Hall–Kier alpha value is -1.66. The molecule has 4 rings (SSSR count). The lowest BCUT2D eigenvalue weighted by Crippen LogP contribution is -2.65. The van der Waals surface area contributed by atoms with Crippen molar-refractivity contribution in [2.75, 3.05) is 0 Å². The molecule has 4 saturated carbocycles. The molecule has 0 heterocycles. The molecule has 0 saturated heterocycles. The molecule has 0 spiro atoms. The average molecular weight is 517 g/mol. The second-order valence-corrected chi connectivity index (χ2v) is 13.6. The van der Waals surface area contributed by atoms with Gasteiger partial charge in [-0.25, -0.2) is 4.79 Å². The molecule has 208 valence electrons. The molecule has 3 N–H and O–H groups in total. The number of rotatable bonds is 5. The number of aliphatic hydroxyl groups is 2. The molecule has 2 unspecified atom stereocenters. The summed E-state index contributed by atoms with van der Waals surface area (Å²) in [5.41, 5.74) is 1.57. The summed E-state index contributed by atoms with van der Waals surface area (Å²) >= 11 is 0. The Labute approximate surface area is 222 Å². The maximum Gasteiger partial charge on any atom is 0.331 e. The molecule has 4 aliphatic rings. The zero-order valence-electron chi connectivity index (χ0n) is 23.8. The maximum atomic E-state index is 12.6. The second-order valence-electron chi connectivity index (χ2n) is 13.6. The standard InChI is InChI=1S/C31H48O6/c1-17(2)9-8-10-20(28(35)36)26-22-15-24(34)27-29(5)13-12-23(33)18(3)21(29)11-14-30(27,6)31(22,7)16-25(26)37-19(4)32/h9,18,21-25,27,33-34H,8,10-16H2,1-7H3,(H,35,36)/t18-,21?,22+,23+,24+,25-,27?,29-,30-,31-/m0/s1. The van der Waals surface area contributed by atoms with Crippen LogP contribution in [0.15, 0.2) is 22.8 Å². The van der Waals surface area contributed by atoms with Gasteiger partial charge in [0, 0.05) is 12.5 Å². The molecule has 0 radical (unpaired) electrons. The summed E-state index contributed by atoms with van der Waals surface area (Å²) in [6, 6.07) is 0. The minimum absolute atomic E-state index is 0.0474. The van der Waals surface area contributed by atoms with Gasteiger partial charge in [0.25, 0.3) is 0 Å². The van der Waals surface area contributed by atoms with Gasteiger partial charge in [0.05, 0.1) is 12.2 Å². The highest BCUT2D eigenvalue weighted by molar-refractivity contribution is 5.88. The molecular weight excluding hydrogens is 468 g/mol. The number of aliphatic carboxylic acids is 1. The van der Waals surface area contributed by atoms with Crippen LogP contribution in [-0.4, -0.2) is 45.6 Å². The summed E-state index contributed by atoms with van der Waals surface area (Å²) in [5, 5.41) is 32.9. The first kappa shape index (κ1) is 28.4. The molecule has 37 heavy (non-hydrogen) atoms. The van der Waals surface area contributed by atoms with Gasteiger partial charge in [-0.2, -0.15) is 0 Å². The number of allylic oxidation sites excluding steroid dienone is 2. The highest BCUT2D eigenvalue weighted by atomic mass is 16.5. The lowest BCUT2D eigenvalue weighted by atomic mass is 9.36. The summed E-state index contributed by atoms with van der Waals surface area (Å²) in [5.74, 6) is -0.909. The first-order chi connectivity index (χ1) is 17.2. The second kappa shape index (κ2) is 9.82. The van der Waals surface area contributed by atoms with Gasteiger partial charge < -0.3 is 20.1 Å². The van der Waals surface area contributed by atoms with Crippen molar-refractivity contribution in [1.29, 1.82) is 0 Å². The zero-order valence-corrected chi connectivity index (χ0v) is 23.8. The molecule has 0 aliphatic heterocycles. The third kappa shape index (κ3) is 4.40. The molecule has 0 aromatic carbocycles. The van der Waals surface area contributed by atoms with Crippen molar-refractivity contribution in [3.8, 4) is 0 Å². The Balaban J connectivity index is 1.82. The zero-order chi connectivity index (χ0) is 27.5. The van der Waals surface area contributed by atoms with E-state index in [1.54, 1.807) is 0 Å². The van der Waals surface area contributed by atoms with Gasteiger partial charge in [-0.1, -0.05) is 39.3 Å². The van der Waals surface area contributed by atoms with E-state index in [-0.39, 0.29) is 40.1 Å². The summed E-state index contributed by atoms with van der Waals surface area (Å²) in [6.07, 6.45) is 6.22. The quantitative estimate of drug-likeness (QED) is 0.247. The molecule has 0 bridgehead atoms. The number of hydrogen-bond donors (Lipinski definition) is 3. The van der Waals surface area contributed by atoms with E-state index in [1.165, 1.54) is 6.92 Å². The van der Waals surface area contributed by atoms with E-state index in [0.717, 1.165) is 36.8 Å². The fourth-order valence-corrected chi connectivity index (χ4v) is 9.79. The van der Waals surface area contributed by atoms with E-state index in [4.69, 9.17) is 4.74 Å². The fraction of sp³-hybridized carbons (Fsp3) is 0.806. The third-order valence-electron chi connectivity index (χ3n) is 11.6. The molecule has 6 heteroatoms. The summed E-state index contributed by atoms with van der Waals surface area (Å²) in [4.78, 5) is 24.8. The molecule has 6 nitrogen and oxygen atoms in total.